The second kappa shape index (κ2) is 9.07. The molecule has 3 rings (SSSR count). The minimum Gasteiger partial charge on any atom is -0.357 e. The van der Waals surface area contributed by atoms with Gasteiger partial charge in [-0.1, -0.05) is 37.6 Å². The Morgan fingerprint density at radius 1 is 1.22 bits per heavy atom. The van der Waals surface area contributed by atoms with Crippen LogP contribution in [0.1, 0.15) is 56.5 Å². The van der Waals surface area contributed by atoms with E-state index >= 15 is 0 Å². The highest BCUT2D eigenvalue weighted by Crippen LogP contribution is 2.42. The van der Waals surface area contributed by atoms with Gasteiger partial charge >= 0.3 is 0 Å². The molecule has 5 nitrogen and oxygen atoms in total. The Morgan fingerprint density at radius 2 is 2.04 bits per heavy atom. The van der Waals surface area contributed by atoms with Crippen LogP contribution in [-0.4, -0.2) is 28.6 Å². The summed E-state index contributed by atoms with van der Waals surface area (Å²) in [6.45, 7) is 9.89. The number of guanidine groups is 1. The number of aliphatic imine (C=N–C) groups is 1. The Bertz CT molecular complexity index is 752. The Kier molecular flexibility index (Phi) is 6.54. The molecule has 0 atom stereocenters. The summed E-state index contributed by atoms with van der Waals surface area (Å²) in [7, 11) is 0. The zero-order chi connectivity index (χ0) is 19.1. The van der Waals surface area contributed by atoms with Gasteiger partial charge in [-0.3, -0.25) is 0 Å². The van der Waals surface area contributed by atoms with Crippen molar-refractivity contribution < 1.29 is 0 Å². The summed E-state index contributed by atoms with van der Waals surface area (Å²) in [5, 5.41) is 6.95. The van der Waals surface area contributed by atoms with Crippen LogP contribution in [0.5, 0.6) is 0 Å². The third kappa shape index (κ3) is 5.12. The van der Waals surface area contributed by atoms with Crippen LogP contribution >= 0.6 is 0 Å². The average molecular weight is 368 g/mol. The van der Waals surface area contributed by atoms with E-state index in [2.05, 4.69) is 58.3 Å². The molecular formula is C22H33N5. The highest BCUT2D eigenvalue weighted by molar-refractivity contribution is 5.79. The molecule has 1 fully saturated rings. The van der Waals surface area contributed by atoms with Crippen molar-refractivity contribution in [3.05, 3.63) is 53.6 Å². The molecule has 2 N–H and O–H groups in total. The van der Waals surface area contributed by atoms with E-state index in [0.717, 1.165) is 31.4 Å². The van der Waals surface area contributed by atoms with Crippen LogP contribution in [0.2, 0.25) is 0 Å². The minimum atomic E-state index is 0.485. The molecule has 1 saturated carbocycles. The topological polar surface area (TPSA) is 54.2 Å². The molecule has 0 bridgehead atoms. The van der Waals surface area contributed by atoms with E-state index in [0.29, 0.717) is 12.0 Å². The summed E-state index contributed by atoms with van der Waals surface area (Å²) < 4.78 is 2.16. The third-order valence-corrected chi connectivity index (χ3v) is 5.83. The average Bonchev–Trinajstić information content (AvgIpc) is 3.04. The number of rotatable bonds is 8. The molecule has 0 saturated heterocycles. The number of aryl methyl sites for hydroxylation is 1. The summed E-state index contributed by atoms with van der Waals surface area (Å²) in [5.41, 5.74) is 3.00. The molecule has 1 aliphatic rings. The maximum atomic E-state index is 4.81. The zero-order valence-corrected chi connectivity index (χ0v) is 17.0. The molecule has 1 aromatic heterocycles. The second-order valence-corrected chi connectivity index (χ2v) is 7.68. The number of aromatic nitrogens is 2. The predicted octanol–water partition coefficient (Wildman–Crippen LogP) is 3.88. The molecule has 1 aliphatic carbocycles. The first-order chi connectivity index (χ1) is 13.1. The van der Waals surface area contributed by atoms with Gasteiger partial charge in [-0.25, -0.2) is 9.98 Å². The lowest BCUT2D eigenvalue weighted by atomic mass is 9.67. The van der Waals surface area contributed by atoms with E-state index < -0.39 is 0 Å². The van der Waals surface area contributed by atoms with Crippen molar-refractivity contribution >= 4 is 5.96 Å². The van der Waals surface area contributed by atoms with Gasteiger partial charge in [-0.15, -0.1) is 0 Å². The van der Waals surface area contributed by atoms with Gasteiger partial charge < -0.3 is 15.2 Å². The summed E-state index contributed by atoms with van der Waals surface area (Å²) in [6.07, 6.45) is 9.17. The molecule has 0 spiro atoms. The summed E-state index contributed by atoms with van der Waals surface area (Å²) >= 11 is 0. The largest absolute Gasteiger partial charge is 0.357 e. The van der Waals surface area contributed by atoms with Crippen LogP contribution in [0.25, 0.3) is 0 Å². The lowest BCUT2D eigenvalue weighted by Gasteiger charge is -2.41. The molecular weight excluding hydrogens is 334 g/mol. The van der Waals surface area contributed by atoms with Gasteiger partial charge in [0.05, 0.1) is 6.54 Å². The second-order valence-electron chi connectivity index (χ2n) is 7.68. The van der Waals surface area contributed by atoms with E-state index in [4.69, 9.17) is 4.99 Å². The molecule has 27 heavy (non-hydrogen) atoms. The van der Waals surface area contributed by atoms with Crippen LogP contribution < -0.4 is 10.6 Å². The maximum absolute atomic E-state index is 4.81. The first-order valence-corrected chi connectivity index (χ1v) is 10.2. The van der Waals surface area contributed by atoms with Gasteiger partial charge in [0.15, 0.2) is 5.96 Å². The van der Waals surface area contributed by atoms with Crippen LogP contribution in [0.15, 0.2) is 41.7 Å². The first kappa shape index (κ1) is 19.5. The van der Waals surface area contributed by atoms with Crippen LogP contribution in [0.3, 0.4) is 0 Å². The summed E-state index contributed by atoms with van der Waals surface area (Å²) in [5.74, 6) is 1.96. The summed E-state index contributed by atoms with van der Waals surface area (Å²) in [6, 6.07) is 8.67. The molecule has 1 aromatic carbocycles. The third-order valence-electron chi connectivity index (χ3n) is 5.83. The van der Waals surface area contributed by atoms with Gasteiger partial charge in [0.25, 0.3) is 0 Å². The molecule has 0 radical (unpaired) electrons. The fourth-order valence-corrected chi connectivity index (χ4v) is 3.71. The molecule has 5 heteroatoms. The van der Waals surface area contributed by atoms with Gasteiger partial charge in [0.1, 0.15) is 5.82 Å². The Balaban J connectivity index is 1.61. The lowest BCUT2D eigenvalue weighted by molar-refractivity contribution is 0.131. The van der Waals surface area contributed by atoms with Crippen molar-refractivity contribution in [1.82, 2.24) is 20.2 Å². The van der Waals surface area contributed by atoms with Gasteiger partial charge in [-0.05, 0) is 49.7 Å². The van der Waals surface area contributed by atoms with Gasteiger partial charge in [-0.2, -0.15) is 0 Å². The number of hydrogen-bond donors (Lipinski definition) is 2. The minimum absolute atomic E-state index is 0.485. The van der Waals surface area contributed by atoms with Gasteiger partial charge in [0, 0.05) is 32.0 Å². The quantitative estimate of drug-likeness (QED) is 0.550. The fourth-order valence-electron chi connectivity index (χ4n) is 3.71. The lowest BCUT2D eigenvalue weighted by Crippen LogP contribution is -2.46. The Morgan fingerprint density at radius 3 is 2.67 bits per heavy atom. The van der Waals surface area contributed by atoms with Crippen LogP contribution in [-0.2, 0) is 13.1 Å². The Hall–Kier alpha value is -2.30. The van der Waals surface area contributed by atoms with Crippen molar-refractivity contribution in [3.63, 3.8) is 0 Å². The standard InChI is InChI=1S/C22H33N5/c1-4-22(10-7-11-22)17-26-21(23-5-2)25-15-19-8-6-9-20(14-19)16-27-13-12-24-18(27)3/h6,8-9,12-14H,4-5,7,10-11,15-17H2,1-3H3,(H2,23,25,26). The smallest absolute Gasteiger partial charge is 0.191 e. The zero-order valence-electron chi connectivity index (χ0n) is 17.0. The van der Waals surface area contributed by atoms with E-state index in [1.54, 1.807) is 0 Å². The number of nitrogens with zero attached hydrogens (tertiary/aromatic N) is 3. The molecule has 146 valence electrons. The monoisotopic (exact) mass is 367 g/mol. The van der Waals surface area contributed by atoms with E-state index in [1.807, 2.05) is 19.3 Å². The molecule has 2 aromatic rings. The van der Waals surface area contributed by atoms with Crippen molar-refractivity contribution in [2.45, 2.75) is 59.5 Å². The fraction of sp³-hybridized carbons (Fsp3) is 0.545. The highest BCUT2D eigenvalue weighted by Gasteiger charge is 2.34. The first-order valence-electron chi connectivity index (χ1n) is 10.2. The SMILES string of the molecule is CCNC(=NCc1cccc(Cn2ccnc2C)c1)NCC1(CC)CCC1. The molecule has 0 unspecified atom stereocenters. The molecule has 1 heterocycles. The van der Waals surface area contributed by atoms with E-state index in [-0.39, 0.29) is 0 Å². The number of nitrogens with one attached hydrogen (secondary N) is 2. The number of hydrogen-bond acceptors (Lipinski definition) is 2. The van der Waals surface area contributed by atoms with Crippen molar-refractivity contribution in [2.75, 3.05) is 13.1 Å². The van der Waals surface area contributed by atoms with Crippen molar-refractivity contribution in [1.29, 1.82) is 0 Å². The van der Waals surface area contributed by atoms with Crippen molar-refractivity contribution in [3.8, 4) is 0 Å². The molecule has 0 amide bonds. The van der Waals surface area contributed by atoms with Gasteiger partial charge in [0.2, 0.25) is 0 Å². The normalized spacial score (nSPS) is 16.0. The number of imidazole rings is 1. The Labute approximate surface area is 163 Å². The maximum Gasteiger partial charge on any atom is 0.191 e. The van der Waals surface area contributed by atoms with Crippen LogP contribution in [0, 0.1) is 12.3 Å². The van der Waals surface area contributed by atoms with E-state index in [9.17, 15) is 0 Å². The van der Waals surface area contributed by atoms with Crippen LogP contribution in [0.4, 0.5) is 0 Å². The predicted molar refractivity (Wildman–Crippen MR) is 112 cm³/mol. The number of benzene rings is 1. The van der Waals surface area contributed by atoms with E-state index in [1.165, 1.54) is 36.8 Å². The highest BCUT2D eigenvalue weighted by atomic mass is 15.2. The van der Waals surface area contributed by atoms with Crippen molar-refractivity contribution in [2.24, 2.45) is 10.4 Å². The summed E-state index contributed by atoms with van der Waals surface area (Å²) in [4.78, 5) is 9.11. The molecule has 0 aliphatic heterocycles.